The summed E-state index contributed by atoms with van der Waals surface area (Å²) in [6.07, 6.45) is 0. The van der Waals surface area contributed by atoms with Crippen LogP contribution in [0.3, 0.4) is 0 Å². The van der Waals surface area contributed by atoms with Gasteiger partial charge in [0.2, 0.25) is 0 Å². The number of nitrogens with one attached hydrogen (secondary N) is 1. The van der Waals surface area contributed by atoms with E-state index in [0.717, 1.165) is 0 Å². The van der Waals surface area contributed by atoms with Gasteiger partial charge in [-0.3, -0.25) is 4.72 Å². The van der Waals surface area contributed by atoms with E-state index in [2.05, 4.69) is 4.72 Å². The van der Waals surface area contributed by atoms with Gasteiger partial charge >= 0.3 is 5.97 Å². The van der Waals surface area contributed by atoms with Crippen molar-refractivity contribution in [1.29, 1.82) is 0 Å². The van der Waals surface area contributed by atoms with Crippen LogP contribution in [0, 0.1) is 0 Å². The van der Waals surface area contributed by atoms with Gasteiger partial charge in [0.25, 0.3) is 10.0 Å². The Morgan fingerprint density at radius 1 is 1.17 bits per heavy atom. The normalized spacial score (nSPS) is 11.1. The number of halogens is 2. The van der Waals surface area contributed by atoms with Crippen LogP contribution in [0.5, 0.6) is 5.75 Å². The molecule has 2 aromatic carbocycles. The molecule has 2 N–H and O–H groups in total. The molecule has 0 saturated carbocycles. The summed E-state index contributed by atoms with van der Waals surface area (Å²) in [5, 5.41) is 9.03. The Kier molecular flexibility index (Phi) is 5.58. The lowest BCUT2D eigenvalue weighted by molar-refractivity contribution is 0.0697. The highest BCUT2D eigenvalue weighted by molar-refractivity contribution is 7.92. The van der Waals surface area contributed by atoms with E-state index in [-0.39, 0.29) is 38.5 Å². The molecular weight excluding hydrogens is 377 g/mol. The Morgan fingerprint density at radius 3 is 2.33 bits per heavy atom. The van der Waals surface area contributed by atoms with Crippen LogP contribution in [0.25, 0.3) is 0 Å². The van der Waals surface area contributed by atoms with Gasteiger partial charge in [-0.2, -0.15) is 0 Å². The van der Waals surface area contributed by atoms with Gasteiger partial charge in [-0.25, -0.2) is 13.2 Å². The maximum absolute atomic E-state index is 12.6. The van der Waals surface area contributed by atoms with Gasteiger partial charge in [-0.05, 0) is 43.3 Å². The second-order valence-corrected chi connectivity index (χ2v) is 7.05. The summed E-state index contributed by atoms with van der Waals surface area (Å²) in [7, 11) is -4.00. The van der Waals surface area contributed by atoms with Crippen molar-refractivity contribution in [2.75, 3.05) is 11.3 Å². The number of hydrogen-bond donors (Lipinski definition) is 2. The van der Waals surface area contributed by atoms with Crippen molar-refractivity contribution in [2.24, 2.45) is 0 Å². The molecule has 2 aromatic rings. The van der Waals surface area contributed by atoms with Crippen molar-refractivity contribution in [3.05, 3.63) is 52.0 Å². The minimum absolute atomic E-state index is 0.00242. The topological polar surface area (TPSA) is 92.7 Å². The van der Waals surface area contributed by atoms with Gasteiger partial charge in [0.15, 0.2) is 5.75 Å². The Hall–Kier alpha value is -1.96. The number of sulfonamides is 1. The molecule has 0 amide bonds. The quantitative estimate of drug-likeness (QED) is 0.781. The molecule has 0 spiro atoms. The number of rotatable bonds is 6. The van der Waals surface area contributed by atoms with E-state index in [1.54, 1.807) is 6.92 Å². The third-order valence-electron chi connectivity index (χ3n) is 2.98. The number of ether oxygens (including phenoxy) is 1. The van der Waals surface area contributed by atoms with Crippen molar-refractivity contribution in [3.63, 3.8) is 0 Å². The lowest BCUT2D eigenvalue weighted by Gasteiger charge is -2.14. The van der Waals surface area contributed by atoms with Crippen LogP contribution in [0.4, 0.5) is 5.69 Å². The molecule has 6 nitrogen and oxygen atoms in total. The molecule has 0 aliphatic rings. The Balaban J connectivity index is 2.40. The fraction of sp³-hybridized carbons (Fsp3) is 0.133. The van der Waals surface area contributed by atoms with Crippen molar-refractivity contribution >= 4 is 44.9 Å². The molecule has 2 rings (SSSR count). The van der Waals surface area contributed by atoms with Crippen molar-refractivity contribution in [3.8, 4) is 5.75 Å². The predicted molar refractivity (Wildman–Crippen MR) is 91.8 cm³/mol. The van der Waals surface area contributed by atoms with Crippen LogP contribution in [0.15, 0.2) is 41.3 Å². The third-order valence-corrected chi connectivity index (χ3v) is 5.17. The van der Waals surface area contributed by atoms with Crippen molar-refractivity contribution in [1.82, 2.24) is 0 Å². The van der Waals surface area contributed by atoms with Crippen LogP contribution in [-0.2, 0) is 10.0 Å². The molecule has 128 valence electrons. The Labute approximate surface area is 149 Å². The second-order valence-electron chi connectivity index (χ2n) is 4.61. The summed E-state index contributed by atoms with van der Waals surface area (Å²) in [5.74, 6) is -1.14. The molecular formula is C15H13Cl2NO5S. The summed E-state index contributed by atoms with van der Waals surface area (Å²) in [6, 6.07) is 7.91. The van der Waals surface area contributed by atoms with E-state index in [4.69, 9.17) is 33.0 Å². The van der Waals surface area contributed by atoms with Crippen molar-refractivity contribution in [2.45, 2.75) is 11.8 Å². The van der Waals surface area contributed by atoms with Gasteiger partial charge < -0.3 is 9.84 Å². The van der Waals surface area contributed by atoms with E-state index >= 15 is 0 Å². The summed E-state index contributed by atoms with van der Waals surface area (Å²) < 4.78 is 32.8. The number of aromatic carboxylic acids is 1. The smallest absolute Gasteiger partial charge is 0.335 e. The minimum Gasteiger partial charge on any atom is -0.491 e. The SMILES string of the molecule is CCOc1c(S(=O)(=O)Nc2ccc(C(=O)O)cc2)ccc(Cl)c1Cl. The molecule has 0 bridgehead atoms. The van der Waals surface area contributed by atoms with Gasteiger partial charge in [-0.15, -0.1) is 0 Å². The molecule has 0 saturated heterocycles. The third kappa shape index (κ3) is 3.92. The summed E-state index contributed by atoms with van der Waals surface area (Å²) in [5.41, 5.74) is 0.246. The average Bonchev–Trinajstić information content (AvgIpc) is 2.52. The van der Waals surface area contributed by atoms with Gasteiger partial charge in [0, 0.05) is 5.69 Å². The van der Waals surface area contributed by atoms with E-state index in [0.29, 0.717) is 0 Å². The fourth-order valence-electron chi connectivity index (χ4n) is 1.90. The standard InChI is InChI=1S/C15H13Cl2NO5S/c1-2-23-14-12(8-7-11(16)13(14)17)24(21,22)18-10-5-3-9(4-6-10)15(19)20/h3-8,18H,2H2,1H3,(H,19,20). The molecule has 9 heteroatoms. The minimum atomic E-state index is -4.00. The highest BCUT2D eigenvalue weighted by Crippen LogP contribution is 2.38. The first-order chi connectivity index (χ1) is 11.3. The van der Waals surface area contributed by atoms with E-state index in [1.165, 1.54) is 36.4 Å². The molecule has 0 heterocycles. The first-order valence-electron chi connectivity index (χ1n) is 6.73. The first kappa shape index (κ1) is 18.4. The van der Waals surface area contributed by atoms with E-state index in [1.807, 2.05) is 0 Å². The Morgan fingerprint density at radius 2 is 1.79 bits per heavy atom. The number of hydrogen-bond acceptors (Lipinski definition) is 4. The Bertz CT molecular complexity index is 866. The van der Waals surface area contributed by atoms with E-state index in [9.17, 15) is 13.2 Å². The highest BCUT2D eigenvalue weighted by Gasteiger charge is 2.23. The molecule has 0 aromatic heterocycles. The summed E-state index contributed by atoms with van der Waals surface area (Å²) in [4.78, 5) is 10.7. The molecule has 0 atom stereocenters. The number of carbonyl (C=O) groups is 1. The fourth-order valence-corrected chi connectivity index (χ4v) is 3.53. The zero-order valence-electron chi connectivity index (χ0n) is 12.4. The van der Waals surface area contributed by atoms with Crippen LogP contribution < -0.4 is 9.46 Å². The first-order valence-corrected chi connectivity index (χ1v) is 8.97. The molecule has 24 heavy (non-hydrogen) atoms. The summed E-state index contributed by atoms with van der Waals surface area (Å²) in [6.45, 7) is 1.89. The monoisotopic (exact) mass is 389 g/mol. The van der Waals surface area contributed by atoms with Gasteiger partial charge in [0.05, 0.1) is 17.2 Å². The van der Waals surface area contributed by atoms with Crippen LogP contribution >= 0.6 is 23.2 Å². The zero-order chi connectivity index (χ0) is 17.9. The van der Waals surface area contributed by atoms with Crippen LogP contribution in [0.2, 0.25) is 10.0 Å². The van der Waals surface area contributed by atoms with Crippen LogP contribution in [0.1, 0.15) is 17.3 Å². The van der Waals surface area contributed by atoms with Gasteiger partial charge in [-0.1, -0.05) is 23.2 Å². The number of carboxylic acid groups (broad SMARTS) is 1. The maximum Gasteiger partial charge on any atom is 0.335 e. The number of anilines is 1. The maximum atomic E-state index is 12.6. The molecule has 0 fully saturated rings. The van der Waals surface area contributed by atoms with E-state index < -0.39 is 16.0 Å². The summed E-state index contributed by atoms with van der Waals surface area (Å²) >= 11 is 11.9. The molecule has 0 radical (unpaired) electrons. The average molecular weight is 390 g/mol. The highest BCUT2D eigenvalue weighted by atomic mass is 35.5. The van der Waals surface area contributed by atoms with Crippen molar-refractivity contribution < 1.29 is 23.1 Å². The molecule has 0 aliphatic heterocycles. The second kappa shape index (κ2) is 7.29. The predicted octanol–water partition coefficient (Wildman–Crippen LogP) is 3.89. The van der Waals surface area contributed by atoms with Gasteiger partial charge in [0.1, 0.15) is 9.92 Å². The number of carboxylic acids is 1. The lowest BCUT2D eigenvalue weighted by Crippen LogP contribution is -2.15. The van der Waals surface area contributed by atoms with Crippen LogP contribution in [-0.4, -0.2) is 26.1 Å². The zero-order valence-corrected chi connectivity index (χ0v) is 14.7. The molecule has 0 unspecified atom stereocenters. The molecule has 0 aliphatic carbocycles. The largest absolute Gasteiger partial charge is 0.491 e. The number of benzene rings is 2. The lowest BCUT2D eigenvalue weighted by atomic mass is 10.2.